The number of rotatable bonds is 2. The van der Waals surface area contributed by atoms with Gasteiger partial charge >= 0.3 is 0 Å². The van der Waals surface area contributed by atoms with Crippen molar-refractivity contribution in [3.8, 4) is 0 Å². The molecule has 0 spiro atoms. The Morgan fingerprint density at radius 3 is 2.83 bits per heavy atom. The largest absolute Gasteiger partial charge is 0.384 e. The van der Waals surface area contributed by atoms with E-state index in [1.165, 1.54) is 0 Å². The SMILES string of the molecule is Cc1ccnc(N2CCCN(C)CC2)c1C(=N)N. The zero-order valence-electron chi connectivity index (χ0n) is 11.1. The molecule has 5 heteroatoms. The molecule has 1 aromatic heterocycles. The molecular weight excluding hydrogens is 226 g/mol. The maximum atomic E-state index is 7.73. The number of hydrogen-bond donors (Lipinski definition) is 2. The number of aromatic nitrogens is 1. The highest BCUT2D eigenvalue weighted by molar-refractivity contribution is 6.01. The van der Waals surface area contributed by atoms with Crippen molar-refractivity contribution < 1.29 is 0 Å². The number of nitrogens with one attached hydrogen (secondary N) is 1. The highest BCUT2D eigenvalue weighted by atomic mass is 15.2. The van der Waals surface area contributed by atoms with Crippen molar-refractivity contribution in [2.45, 2.75) is 13.3 Å². The maximum Gasteiger partial charge on any atom is 0.139 e. The normalized spacial score (nSPS) is 17.6. The molecule has 0 aromatic carbocycles. The van der Waals surface area contributed by atoms with Crippen LogP contribution in [0, 0.1) is 12.3 Å². The number of likely N-dealkylation sites (N-methyl/N-ethyl adjacent to an activating group) is 1. The summed E-state index contributed by atoms with van der Waals surface area (Å²) in [6, 6.07) is 1.91. The van der Waals surface area contributed by atoms with E-state index < -0.39 is 0 Å². The average Bonchev–Trinajstić information content (AvgIpc) is 2.53. The summed E-state index contributed by atoms with van der Waals surface area (Å²) in [7, 11) is 2.14. The number of nitrogens with two attached hydrogens (primary N) is 1. The minimum absolute atomic E-state index is 0.105. The van der Waals surface area contributed by atoms with Gasteiger partial charge in [-0.1, -0.05) is 0 Å². The number of aryl methyl sites for hydroxylation is 1. The van der Waals surface area contributed by atoms with Gasteiger partial charge in [-0.05, 0) is 38.6 Å². The molecule has 0 radical (unpaired) electrons. The Morgan fingerprint density at radius 1 is 1.33 bits per heavy atom. The Balaban J connectivity index is 2.32. The molecule has 1 aliphatic rings. The van der Waals surface area contributed by atoms with E-state index in [1.54, 1.807) is 6.20 Å². The quantitative estimate of drug-likeness (QED) is 0.599. The summed E-state index contributed by atoms with van der Waals surface area (Å²) in [5.74, 6) is 0.964. The Hall–Kier alpha value is -1.62. The van der Waals surface area contributed by atoms with E-state index in [2.05, 4.69) is 21.8 Å². The molecular formula is C13H21N5. The van der Waals surface area contributed by atoms with Crippen molar-refractivity contribution in [2.75, 3.05) is 38.1 Å². The van der Waals surface area contributed by atoms with Crippen molar-refractivity contribution >= 4 is 11.7 Å². The number of anilines is 1. The lowest BCUT2D eigenvalue weighted by Crippen LogP contribution is -2.31. The van der Waals surface area contributed by atoms with Gasteiger partial charge in [0.25, 0.3) is 0 Å². The average molecular weight is 247 g/mol. The molecule has 5 nitrogen and oxygen atoms in total. The second-order valence-corrected chi connectivity index (χ2v) is 4.88. The summed E-state index contributed by atoms with van der Waals surface area (Å²) in [6.07, 6.45) is 2.91. The minimum Gasteiger partial charge on any atom is -0.384 e. The lowest BCUT2D eigenvalue weighted by atomic mass is 10.1. The van der Waals surface area contributed by atoms with Gasteiger partial charge in [0.05, 0.1) is 5.56 Å². The summed E-state index contributed by atoms with van der Waals surface area (Å²) in [6.45, 7) is 6.02. The summed E-state index contributed by atoms with van der Waals surface area (Å²) >= 11 is 0. The fourth-order valence-electron chi connectivity index (χ4n) is 2.37. The molecule has 98 valence electrons. The summed E-state index contributed by atoms with van der Waals surface area (Å²) in [5, 5.41) is 7.73. The van der Waals surface area contributed by atoms with Crippen LogP contribution in [0.4, 0.5) is 5.82 Å². The molecule has 1 saturated heterocycles. The van der Waals surface area contributed by atoms with E-state index in [1.807, 2.05) is 13.0 Å². The van der Waals surface area contributed by atoms with E-state index in [9.17, 15) is 0 Å². The number of pyridine rings is 1. The van der Waals surface area contributed by atoms with E-state index in [-0.39, 0.29) is 5.84 Å². The van der Waals surface area contributed by atoms with E-state index in [0.717, 1.165) is 49.5 Å². The molecule has 2 rings (SSSR count). The Kier molecular flexibility index (Phi) is 3.81. The van der Waals surface area contributed by atoms with Gasteiger partial charge in [0.15, 0.2) is 0 Å². The minimum atomic E-state index is 0.105. The predicted octanol–water partition coefficient (Wildman–Crippen LogP) is 0.816. The standard InChI is InChI=1S/C13H21N5/c1-10-4-5-16-13(11(10)12(14)15)18-7-3-6-17(2)8-9-18/h4-5H,3,6-9H2,1-2H3,(H3,14,15). The number of hydrogen-bond acceptors (Lipinski definition) is 4. The van der Waals surface area contributed by atoms with Crippen LogP contribution in [0.5, 0.6) is 0 Å². The molecule has 0 atom stereocenters. The number of amidine groups is 1. The molecule has 0 saturated carbocycles. The third kappa shape index (κ3) is 2.61. The van der Waals surface area contributed by atoms with Crippen molar-refractivity contribution in [1.29, 1.82) is 5.41 Å². The van der Waals surface area contributed by atoms with Crippen molar-refractivity contribution in [3.05, 3.63) is 23.4 Å². The number of nitrogen functional groups attached to an aromatic ring is 1. The summed E-state index contributed by atoms with van der Waals surface area (Å²) in [5.41, 5.74) is 7.49. The van der Waals surface area contributed by atoms with Gasteiger partial charge in [0.2, 0.25) is 0 Å². The van der Waals surface area contributed by atoms with Gasteiger partial charge in [0.1, 0.15) is 11.7 Å². The molecule has 1 aliphatic heterocycles. The smallest absolute Gasteiger partial charge is 0.139 e. The summed E-state index contributed by atoms with van der Waals surface area (Å²) in [4.78, 5) is 9.00. The first-order chi connectivity index (χ1) is 8.59. The second kappa shape index (κ2) is 5.35. The van der Waals surface area contributed by atoms with Gasteiger partial charge in [0, 0.05) is 25.8 Å². The number of nitrogens with zero attached hydrogens (tertiary/aromatic N) is 3. The highest BCUT2D eigenvalue weighted by Crippen LogP contribution is 2.21. The monoisotopic (exact) mass is 247 g/mol. The second-order valence-electron chi connectivity index (χ2n) is 4.88. The fourth-order valence-corrected chi connectivity index (χ4v) is 2.37. The van der Waals surface area contributed by atoms with Gasteiger partial charge in [-0.25, -0.2) is 4.98 Å². The fraction of sp³-hybridized carbons (Fsp3) is 0.538. The molecule has 0 bridgehead atoms. The van der Waals surface area contributed by atoms with E-state index in [4.69, 9.17) is 11.1 Å². The van der Waals surface area contributed by atoms with Gasteiger partial charge in [-0.3, -0.25) is 5.41 Å². The van der Waals surface area contributed by atoms with Crippen molar-refractivity contribution in [3.63, 3.8) is 0 Å². The highest BCUT2D eigenvalue weighted by Gasteiger charge is 2.19. The first kappa shape index (κ1) is 12.8. The lowest BCUT2D eigenvalue weighted by Gasteiger charge is -2.24. The first-order valence-electron chi connectivity index (χ1n) is 6.33. The summed E-state index contributed by atoms with van der Waals surface area (Å²) < 4.78 is 0. The van der Waals surface area contributed by atoms with Crippen LogP contribution >= 0.6 is 0 Å². The van der Waals surface area contributed by atoms with Crippen LogP contribution < -0.4 is 10.6 Å². The first-order valence-corrected chi connectivity index (χ1v) is 6.33. The zero-order chi connectivity index (χ0) is 13.1. The zero-order valence-corrected chi connectivity index (χ0v) is 11.1. The molecule has 0 unspecified atom stereocenters. The Bertz CT molecular complexity index is 443. The third-order valence-electron chi connectivity index (χ3n) is 3.43. The van der Waals surface area contributed by atoms with Crippen LogP contribution in [0.1, 0.15) is 17.5 Å². The maximum absolute atomic E-state index is 7.73. The molecule has 1 fully saturated rings. The molecule has 0 amide bonds. The van der Waals surface area contributed by atoms with E-state index >= 15 is 0 Å². The van der Waals surface area contributed by atoms with Crippen molar-refractivity contribution in [1.82, 2.24) is 9.88 Å². The molecule has 0 aliphatic carbocycles. The lowest BCUT2D eigenvalue weighted by molar-refractivity contribution is 0.360. The van der Waals surface area contributed by atoms with Crippen LogP contribution in [-0.2, 0) is 0 Å². The topological polar surface area (TPSA) is 69.2 Å². The third-order valence-corrected chi connectivity index (χ3v) is 3.43. The Labute approximate surface area is 108 Å². The Morgan fingerprint density at radius 2 is 2.11 bits per heavy atom. The van der Waals surface area contributed by atoms with Gasteiger partial charge in [-0.15, -0.1) is 0 Å². The molecule has 18 heavy (non-hydrogen) atoms. The predicted molar refractivity (Wildman–Crippen MR) is 74.3 cm³/mol. The molecule has 3 N–H and O–H groups in total. The molecule has 2 heterocycles. The van der Waals surface area contributed by atoms with Gasteiger partial charge < -0.3 is 15.5 Å². The van der Waals surface area contributed by atoms with Crippen LogP contribution in [0.15, 0.2) is 12.3 Å². The van der Waals surface area contributed by atoms with Crippen LogP contribution in [0.3, 0.4) is 0 Å². The molecule has 1 aromatic rings. The van der Waals surface area contributed by atoms with Crippen LogP contribution in [-0.4, -0.2) is 48.9 Å². The van der Waals surface area contributed by atoms with Gasteiger partial charge in [-0.2, -0.15) is 0 Å². The van der Waals surface area contributed by atoms with E-state index in [0.29, 0.717) is 0 Å². The van der Waals surface area contributed by atoms with Crippen molar-refractivity contribution in [2.24, 2.45) is 5.73 Å². The van der Waals surface area contributed by atoms with Crippen LogP contribution in [0.2, 0.25) is 0 Å². The van der Waals surface area contributed by atoms with Crippen LogP contribution in [0.25, 0.3) is 0 Å².